The topological polar surface area (TPSA) is 29.9 Å². The van der Waals surface area contributed by atoms with Gasteiger partial charge in [-0.05, 0) is 17.7 Å². The Kier molecular flexibility index (Phi) is 5.96. The van der Waals surface area contributed by atoms with Crippen molar-refractivity contribution in [2.75, 3.05) is 0 Å². The quantitative estimate of drug-likeness (QED) is 0.938. The van der Waals surface area contributed by atoms with Crippen molar-refractivity contribution in [2.24, 2.45) is 7.05 Å². The fraction of sp³-hybridized carbons (Fsp3) is 0.250. The molecule has 0 saturated carbocycles. The highest BCUT2D eigenvalue weighted by atomic mass is 35.5. The summed E-state index contributed by atoms with van der Waals surface area (Å²) in [4.78, 5) is 0. The first-order valence-corrected chi connectivity index (χ1v) is 6.03. The van der Waals surface area contributed by atoms with Crippen molar-refractivity contribution in [3.63, 3.8) is 0 Å². The minimum atomic E-state index is 0. The van der Waals surface area contributed by atoms with Crippen LogP contribution in [0, 0.1) is 0 Å². The fourth-order valence-corrected chi connectivity index (χ4v) is 2.05. The van der Waals surface area contributed by atoms with E-state index in [1.165, 1.54) is 0 Å². The fourth-order valence-electron chi connectivity index (χ4n) is 1.57. The predicted molar refractivity (Wildman–Crippen MR) is 77.5 cm³/mol. The molecule has 98 valence electrons. The molecule has 0 radical (unpaired) electrons. The molecule has 0 fully saturated rings. The first-order valence-electron chi connectivity index (χ1n) is 5.27. The van der Waals surface area contributed by atoms with Gasteiger partial charge in [-0.2, -0.15) is 5.10 Å². The predicted octanol–water partition coefficient (Wildman–Crippen LogP) is 3.44. The minimum absolute atomic E-state index is 0. The van der Waals surface area contributed by atoms with Gasteiger partial charge in [-0.3, -0.25) is 4.68 Å². The molecule has 0 aliphatic rings. The van der Waals surface area contributed by atoms with Crippen molar-refractivity contribution in [1.82, 2.24) is 15.1 Å². The molecule has 1 aromatic carbocycles. The summed E-state index contributed by atoms with van der Waals surface area (Å²) in [6.45, 7) is 1.48. The molecule has 0 atom stereocenters. The van der Waals surface area contributed by atoms with Crippen LogP contribution in [0.5, 0.6) is 0 Å². The van der Waals surface area contributed by atoms with Crippen LogP contribution in [0.15, 0.2) is 30.6 Å². The Hall–Kier alpha value is -0.740. The number of hydrogen-bond acceptors (Lipinski definition) is 2. The molecule has 6 heteroatoms. The van der Waals surface area contributed by atoms with E-state index in [-0.39, 0.29) is 12.4 Å². The lowest BCUT2D eigenvalue weighted by Gasteiger charge is -2.05. The number of nitrogens with zero attached hydrogens (tertiary/aromatic N) is 2. The molecule has 0 unspecified atom stereocenters. The first-order chi connectivity index (χ1) is 8.15. The Bertz CT molecular complexity index is 511. The zero-order valence-corrected chi connectivity index (χ0v) is 12.2. The lowest BCUT2D eigenvalue weighted by molar-refractivity contribution is 0.692. The number of aromatic nitrogens is 2. The molecule has 0 spiro atoms. The van der Waals surface area contributed by atoms with Gasteiger partial charge < -0.3 is 5.32 Å². The van der Waals surface area contributed by atoms with Crippen molar-refractivity contribution >= 4 is 35.6 Å². The Morgan fingerprint density at radius 2 is 2.06 bits per heavy atom. The van der Waals surface area contributed by atoms with E-state index in [4.69, 9.17) is 23.2 Å². The van der Waals surface area contributed by atoms with E-state index in [1.54, 1.807) is 10.7 Å². The molecule has 2 aromatic rings. The third kappa shape index (κ3) is 4.18. The number of halogens is 3. The number of nitrogens with one attached hydrogen (secondary N) is 1. The maximum Gasteiger partial charge on any atom is 0.0534 e. The van der Waals surface area contributed by atoms with E-state index in [0.717, 1.165) is 17.7 Å². The van der Waals surface area contributed by atoms with Crippen LogP contribution in [0.1, 0.15) is 11.1 Å². The molecular formula is C12H14Cl3N3. The molecule has 1 N–H and O–H groups in total. The highest BCUT2D eigenvalue weighted by Gasteiger charge is 2.01. The van der Waals surface area contributed by atoms with Crippen molar-refractivity contribution in [3.05, 3.63) is 51.8 Å². The van der Waals surface area contributed by atoms with Gasteiger partial charge in [-0.25, -0.2) is 0 Å². The highest BCUT2D eigenvalue weighted by Crippen LogP contribution is 2.20. The monoisotopic (exact) mass is 305 g/mol. The van der Waals surface area contributed by atoms with Gasteiger partial charge in [-0.1, -0.05) is 29.3 Å². The number of hydrogen-bond donors (Lipinski definition) is 1. The van der Waals surface area contributed by atoms with Gasteiger partial charge in [0.05, 0.1) is 6.20 Å². The van der Waals surface area contributed by atoms with E-state index in [9.17, 15) is 0 Å². The molecule has 0 aliphatic carbocycles. The molecule has 1 heterocycles. The van der Waals surface area contributed by atoms with Gasteiger partial charge in [0.1, 0.15) is 0 Å². The van der Waals surface area contributed by atoms with Gasteiger partial charge in [0, 0.05) is 41.9 Å². The average molecular weight is 307 g/mol. The second-order valence-corrected chi connectivity index (χ2v) is 4.71. The molecule has 1 aromatic heterocycles. The third-order valence-electron chi connectivity index (χ3n) is 2.42. The summed E-state index contributed by atoms with van der Waals surface area (Å²) in [5.41, 5.74) is 2.19. The lowest BCUT2D eigenvalue weighted by atomic mass is 10.2. The van der Waals surface area contributed by atoms with Crippen molar-refractivity contribution < 1.29 is 0 Å². The lowest BCUT2D eigenvalue weighted by Crippen LogP contribution is -2.12. The largest absolute Gasteiger partial charge is 0.308 e. The third-order valence-corrected chi connectivity index (χ3v) is 3.00. The second kappa shape index (κ2) is 7.00. The van der Waals surface area contributed by atoms with Crippen molar-refractivity contribution in [2.45, 2.75) is 13.1 Å². The van der Waals surface area contributed by atoms with Crippen LogP contribution in [-0.2, 0) is 20.1 Å². The van der Waals surface area contributed by atoms with Crippen LogP contribution in [0.2, 0.25) is 10.0 Å². The van der Waals surface area contributed by atoms with Crippen LogP contribution < -0.4 is 5.32 Å². The zero-order valence-electron chi connectivity index (χ0n) is 9.86. The Labute approximate surface area is 123 Å². The molecule has 3 nitrogen and oxygen atoms in total. The highest BCUT2D eigenvalue weighted by molar-refractivity contribution is 6.35. The average Bonchev–Trinajstić information content (AvgIpc) is 2.68. The molecule has 0 aliphatic heterocycles. The summed E-state index contributed by atoms with van der Waals surface area (Å²) in [5, 5.41) is 8.76. The minimum Gasteiger partial charge on any atom is -0.308 e. The van der Waals surface area contributed by atoms with E-state index in [0.29, 0.717) is 16.6 Å². The number of benzene rings is 1. The molecule has 18 heavy (non-hydrogen) atoms. The van der Waals surface area contributed by atoms with Gasteiger partial charge in [0.15, 0.2) is 0 Å². The molecule has 0 bridgehead atoms. The Morgan fingerprint density at radius 3 is 2.67 bits per heavy atom. The Balaban J connectivity index is 0.00000162. The van der Waals surface area contributed by atoms with Crippen LogP contribution in [0.4, 0.5) is 0 Å². The standard InChI is InChI=1S/C12H13Cl2N3.ClH/c1-17-8-9(6-16-17)5-15-7-10-2-3-11(13)4-12(10)14;/h2-4,6,8,15H,5,7H2,1H3;1H. The molecule has 2 rings (SSSR count). The van der Waals surface area contributed by atoms with Crippen LogP contribution in [0.3, 0.4) is 0 Å². The second-order valence-electron chi connectivity index (χ2n) is 3.86. The van der Waals surface area contributed by atoms with Crippen LogP contribution in [0.25, 0.3) is 0 Å². The van der Waals surface area contributed by atoms with E-state index < -0.39 is 0 Å². The summed E-state index contributed by atoms with van der Waals surface area (Å²) < 4.78 is 1.78. The first kappa shape index (κ1) is 15.3. The summed E-state index contributed by atoms with van der Waals surface area (Å²) in [6, 6.07) is 5.53. The Morgan fingerprint density at radius 1 is 1.28 bits per heavy atom. The van der Waals surface area contributed by atoms with Gasteiger partial charge in [0.25, 0.3) is 0 Å². The summed E-state index contributed by atoms with van der Waals surface area (Å²) >= 11 is 11.9. The molecule has 0 saturated heterocycles. The summed E-state index contributed by atoms with van der Waals surface area (Å²) in [5.74, 6) is 0. The van der Waals surface area contributed by atoms with Crippen molar-refractivity contribution in [3.8, 4) is 0 Å². The van der Waals surface area contributed by atoms with E-state index in [1.807, 2.05) is 31.6 Å². The SMILES string of the molecule is Cl.Cn1cc(CNCc2ccc(Cl)cc2Cl)cn1. The smallest absolute Gasteiger partial charge is 0.0534 e. The van der Waals surface area contributed by atoms with E-state index >= 15 is 0 Å². The van der Waals surface area contributed by atoms with Crippen molar-refractivity contribution in [1.29, 1.82) is 0 Å². The van der Waals surface area contributed by atoms with E-state index in [2.05, 4.69) is 10.4 Å². The number of rotatable bonds is 4. The van der Waals surface area contributed by atoms with Crippen LogP contribution in [-0.4, -0.2) is 9.78 Å². The molecular weight excluding hydrogens is 293 g/mol. The normalized spacial score (nSPS) is 10.2. The maximum atomic E-state index is 6.07. The summed E-state index contributed by atoms with van der Waals surface area (Å²) in [6.07, 6.45) is 3.83. The maximum absolute atomic E-state index is 6.07. The van der Waals surface area contributed by atoms with Gasteiger partial charge in [0.2, 0.25) is 0 Å². The summed E-state index contributed by atoms with van der Waals surface area (Å²) in [7, 11) is 1.90. The van der Waals surface area contributed by atoms with Gasteiger partial charge in [-0.15, -0.1) is 12.4 Å². The zero-order chi connectivity index (χ0) is 12.3. The van der Waals surface area contributed by atoms with Gasteiger partial charge >= 0.3 is 0 Å². The van der Waals surface area contributed by atoms with Crippen LogP contribution >= 0.6 is 35.6 Å². The molecule has 0 amide bonds. The number of aryl methyl sites for hydroxylation is 1.